The lowest BCUT2D eigenvalue weighted by molar-refractivity contribution is 0.481. The highest BCUT2D eigenvalue weighted by atomic mass is 16.5. The number of allylic oxidation sites excluding steroid dienone is 1. The first-order valence-corrected chi connectivity index (χ1v) is 7.74. The van der Waals surface area contributed by atoms with Gasteiger partial charge in [-0.05, 0) is 61.7 Å². The fourth-order valence-electron chi connectivity index (χ4n) is 2.40. The first kappa shape index (κ1) is 15.3. The standard InChI is InChI=1S/C19H21N3O/c1-13(3-4-14(2)20)16-10-18(12-21-11-16)23-17-5-6-19-15(9-17)7-8-22-19/h3,5-12,14,22H,4,20H2,1-2H3. The van der Waals surface area contributed by atoms with Gasteiger partial charge in [0.15, 0.2) is 0 Å². The topological polar surface area (TPSA) is 63.9 Å². The Bertz CT molecular complexity index is 833. The molecule has 0 radical (unpaired) electrons. The van der Waals surface area contributed by atoms with Crippen LogP contribution in [-0.4, -0.2) is 16.0 Å². The van der Waals surface area contributed by atoms with Crippen LogP contribution in [0.5, 0.6) is 11.5 Å². The molecule has 0 spiro atoms. The van der Waals surface area contributed by atoms with Gasteiger partial charge in [-0.1, -0.05) is 6.08 Å². The molecule has 0 saturated heterocycles. The van der Waals surface area contributed by atoms with Crippen molar-refractivity contribution in [1.82, 2.24) is 9.97 Å². The maximum absolute atomic E-state index is 5.94. The molecule has 4 heteroatoms. The van der Waals surface area contributed by atoms with E-state index in [9.17, 15) is 0 Å². The lowest BCUT2D eigenvalue weighted by atomic mass is 10.1. The molecule has 1 unspecified atom stereocenters. The number of H-pyrrole nitrogens is 1. The van der Waals surface area contributed by atoms with Crippen molar-refractivity contribution in [2.75, 3.05) is 0 Å². The molecule has 1 aromatic carbocycles. The fraction of sp³-hybridized carbons (Fsp3) is 0.211. The number of pyridine rings is 1. The average Bonchev–Trinajstić information content (AvgIpc) is 3.00. The van der Waals surface area contributed by atoms with Gasteiger partial charge in [0, 0.05) is 29.3 Å². The number of nitrogens with one attached hydrogen (secondary N) is 1. The molecule has 3 aromatic rings. The van der Waals surface area contributed by atoms with E-state index in [2.05, 4.69) is 23.0 Å². The Morgan fingerprint density at radius 2 is 2.13 bits per heavy atom. The molecule has 0 fully saturated rings. The monoisotopic (exact) mass is 307 g/mol. The van der Waals surface area contributed by atoms with E-state index < -0.39 is 0 Å². The van der Waals surface area contributed by atoms with Gasteiger partial charge in [-0.25, -0.2) is 0 Å². The van der Waals surface area contributed by atoms with Crippen molar-refractivity contribution in [2.45, 2.75) is 26.3 Å². The van der Waals surface area contributed by atoms with Gasteiger partial charge < -0.3 is 15.5 Å². The van der Waals surface area contributed by atoms with Crippen molar-refractivity contribution in [1.29, 1.82) is 0 Å². The highest BCUT2D eigenvalue weighted by Crippen LogP contribution is 2.26. The molecule has 2 heterocycles. The van der Waals surface area contributed by atoms with E-state index in [4.69, 9.17) is 10.5 Å². The third-order valence-electron chi connectivity index (χ3n) is 3.72. The number of fused-ring (bicyclic) bond motifs is 1. The summed E-state index contributed by atoms with van der Waals surface area (Å²) in [7, 11) is 0. The van der Waals surface area contributed by atoms with Crippen LogP contribution in [0.1, 0.15) is 25.8 Å². The molecule has 3 rings (SSSR count). The predicted molar refractivity (Wildman–Crippen MR) is 94.5 cm³/mol. The Hall–Kier alpha value is -2.59. The van der Waals surface area contributed by atoms with E-state index in [1.54, 1.807) is 6.20 Å². The highest BCUT2D eigenvalue weighted by molar-refractivity contribution is 5.80. The first-order valence-electron chi connectivity index (χ1n) is 7.74. The minimum atomic E-state index is 0.158. The maximum Gasteiger partial charge on any atom is 0.146 e. The summed E-state index contributed by atoms with van der Waals surface area (Å²) in [5.41, 5.74) is 9.10. The molecular formula is C19H21N3O. The van der Waals surface area contributed by atoms with E-state index in [1.165, 1.54) is 0 Å². The zero-order valence-electron chi connectivity index (χ0n) is 13.4. The van der Waals surface area contributed by atoms with Gasteiger partial charge in [-0.2, -0.15) is 0 Å². The fourth-order valence-corrected chi connectivity index (χ4v) is 2.40. The molecule has 3 N–H and O–H groups in total. The van der Waals surface area contributed by atoms with Gasteiger partial charge in [-0.3, -0.25) is 4.98 Å². The molecule has 0 aliphatic carbocycles. The third-order valence-corrected chi connectivity index (χ3v) is 3.72. The number of ether oxygens (including phenoxy) is 1. The lowest BCUT2D eigenvalue weighted by Crippen LogP contribution is -2.12. The molecule has 23 heavy (non-hydrogen) atoms. The van der Waals surface area contributed by atoms with Crippen LogP contribution in [0.3, 0.4) is 0 Å². The summed E-state index contributed by atoms with van der Waals surface area (Å²) >= 11 is 0. The Labute approximate surface area is 136 Å². The first-order chi connectivity index (χ1) is 11.1. The number of aromatic amines is 1. The van der Waals surface area contributed by atoms with E-state index >= 15 is 0 Å². The second-order valence-electron chi connectivity index (χ2n) is 5.84. The Balaban J connectivity index is 1.80. The molecule has 1 atom stereocenters. The second kappa shape index (κ2) is 6.67. The van der Waals surface area contributed by atoms with Crippen LogP contribution in [0.15, 0.2) is 55.0 Å². The van der Waals surface area contributed by atoms with Gasteiger partial charge in [0.2, 0.25) is 0 Å². The highest BCUT2D eigenvalue weighted by Gasteiger charge is 2.04. The van der Waals surface area contributed by atoms with E-state index in [-0.39, 0.29) is 6.04 Å². The summed E-state index contributed by atoms with van der Waals surface area (Å²) < 4.78 is 5.94. The van der Waals surface area contributed by atoms with Gasteiger partial charge in [0.25, 0.3) is 0 Å². The Morgan fingerprint density at radius 1 is 1.26 bits per heavy atom. The average molecular weight is 307 g/mol. The molecule has 118 valence electrons. The van der Waals surface area contributed by atoms with Crippen molar-refractivity contribution in [3.63, 3.8) is 0 Å². The molecule has 0 saturated carbocycles. The van der Waals surface area contributed by atoms with Crippen LogP contribution < -0.4 is 10.5 Å². The zero-order valence-corrected chi connectivity index (χ0v) is 13.4. The third kappa shape index (κ3) is 3.79. The van der Waals surface area contributed by atoms with Crippen molar-refractivity contribution >= 4 is 16.5 Å². The van der Waals surface area contributed by atoms with Crippen LogP contribution in [-0.2, 0) is 0 Å². The molecule has 0 amide bonds. The molecule has 0 bridgehead atoms. The smallest absolute Gasteiger partial charge is 0.146 e. The van der Waals surface area contributed by atoms with Crippen LogP contribution in [0.25, 0.3) is 16.5 Å². The number of benzene rings is 1. The van der Waals surface area contributed by atoms with Crippen LogP contribution in [0.2, 0.25) is 0 Å². The quantitative estimate of drug-likeness (QED) is 0.729. The number of aromatic nitrogens is 2. The largest absolute Gasteiger partial charge is 0.456 e. The van der Waals surface area contributed by atoms with Crippen LogP contribution in [0.4, 0.5) is 0 Å². The summed E-state index contributed by atoms with van der Waals surface area (Å²) in [6.07, 6.45) is 8.47. The summed E-state index contributed by atoms with van der Waals surface area (Å²) in [4.78, 5) is 7.45. The van der Waals surface area contributed by atoms with Crippen LogP contribution >= 0.6 is 0 Å². The Morgan fingerprint density at radius 3 is 2.96 bits per heavy atom. The SMILES string of the molecule is CC(=CCC(C)N)c1cncc(Oc2ccc3[nH]ccc3c2)c1. The van der Waals surface area contributed by atoms with Gasteiger partial charge >= 0.3 is 0 Å². The summed E-state index contributed by atoms with van der Waals surface area (Å²) in [6, 6.07) is 10.2. The lowest BCUT2D eigenvalue weighted by Gasteiger charge is -2.08. The summed E-state index contributed by atoms with van der Waals surface area (Å²) in [6.45, 7) is 4.06. The zero-order chi connectivity index (χ0) is 16.2. The van der Waals surface area contributed by atoms with Crippen LogP contribution in [0, 0.1) is 0 Å². The maximum atomic E-state index is 5.94. The molecule has 0 aliphatic heterocycles. The minimum Gasteiger partial charge on any atom is -0.456 e. The summed E-state index contributed by atoms with van der Waals surface area (Å²) in [5.74, 6) is 1.53. The van der Waals surface area contributed by atoms with Crippen molar-refractivity contribution in [3.05, 3.63) is 60.6 Å². The number of nitrogens with two attached hydrogens (primary N) is 1. The molecule has 4 nitrogen and oxygen atoms in total. The predicted octanol–water partition coefficient (Wildman–Crippen LogP) is 4.50. The van der Waals surface area contributed by atoms with Crippen molar-refractivity contribution < 1.29 is 4.74 Å². The Kier molecular flexibility index (Phi) is 4.44. The van der Waals surface area contributed by atoms with Gasteiger partial charge in [0.1, 0.15) is 11.5 Å². The van der Waals surface area contributed by atoms with Gasteiger partial charge in [0.05, 0.1) is 6.20 Å². The number of hydrogen-bond donors (Lipinski definition) is 2. The van der Waals surface area contributed by atoms with Gasteiger partial charge in [-0.15, -0.1) is 0 Å². The van der Waals surface area contributed by atoms with E-state index in [1.807, 2.05) is 49.6 Å². The van der Waals surface area contributed by atoms with E-state index in [0.717, 1.165) is 40.0 Å². The number of hydrogen-bond acceptors (Lipinski definition) is 3. The number of nitrogens with zero attached hydrogens (tertiary/aromatic N) is 1. The second-order valence-corrected chi connectivity index (χ2v) is 5.84. The molecule has 2 aromatic heterocycles. The normalized spacial score (nSPS) is 13.3. The molecule has 0 aliphatic rings. The molecular weight excluding hydrogens is 286 g/mol. The van der Waals surface area contributed by atoms with Crippen molar-refractivity contribution in [2.24, 2.45) is 5.73 Å². The van der Waals surface area contributed by atoms with Crippen molar-refractivity contribution in [3.8, 4) is 11.5 Å². The minimum absolute atomic E-state index is 0.158. The van der Waals surface area contributed by atoms with E-state index in [0.29, 0.717) is 0 Å². The number of rotatable bonds is 5. The summed E-state index contributed by atoms with van der Waals surface area (Å²) in [5, 5.41) is 1.12.